The monoisotopic (exact) mass is 288 g/mol. The molecule has 0 aliphatic carbocycles. The second kappa shape index (κ2) is 7.28. The molecule has 5 heteroatoms. The number of benzene rings is 2. The number of hydrogen-bond donors (Lipinski definition) is 2. The molecule has 21 heavy (non-hydrogen) atoms. The molecule has 0 saturated carbocycles. The minimum absolute atomic E-state index is 0.143. The summed E-state index contributed by atoms with van der Waals surface area (Å²) in [6, 6.07) is 13.4. The van der Waals surface area contributed by atoms with Gasteiger partial charge in [0.05, 0.1) is 7.11 Å². The van der Waals surface area contributed by atoms with E-state index in [1.54, 1.807) is 25.3 Å². The quantitative estimate of drug-likeness (QED) is 0.889. The lowest BCUT2D eigenvalue weighted by Gasteiger charge is -2.10. The minimum Gasteiger partial charge on any atom is -0.496 e. The molecule has 2 N–H and O–H groups in total. The first-order valence-electron chi connectivity index (χ1n) is 6.57. The highest BCUT2D eigenvalue weighted by atomic mass is 19.1. The van der Waals surface area contributed by atoms with Crippen molar-refractivity contribution in [3.63, 3.8) is 0 Å². The van der Waals surface area contributed by atoms with Gasteiger partial charge in [0.1, 0.15) is 11.6 Å². The van der Waals surface area contributed by atoms with Crippen LogP contribution in [0.5, 0.6) is 5.75 Å². The summed E-state index contributed by atoms with van der Waals surface area (Å²) in [4.78, 5) is 11.7. The van der Waals surface area contributed by atoms with Crippen molar-refractivity contribution < 1.29 is 13.9 Å². The second-order valence-electron chi connectivity index (χ2n) is 4.44. The van der Waals surface area contributed by atoms with Crippen molar-refractivity contribution in [1.82, 2.24) is 10.6 Å². The third-order valence-electron chi connectivity index (χ3n) is 3.03. The third kappa shape index (κ3) is 4.21. The van der Waals surface area contributed by atoms with Crippen LogP contribution in [-0.2, 0) is 13.1 Å². The number of carbonyl (C=O) groups excluding carboxylic acids is 1. The van der Waals surface area contributed by atoms with Gasteiger partial charge in [-0.25, -0.2) is 9.18 Å². The molecular formula is C16H17FN2O2. The van der Waals surface area contributed by atoms with Crippen LogP contribution >= 0.6 is 0 Å². The molecule has 0 saturated heterocycles. The summed E-state index contributed by atoms with van der Waals surface area (Å²) < 4.78 is 18.6. The Hall–Kier alpha value is -2.56. The smallest absolute Gasteiger partial charge is 0.315 e. The van der Waals surface area contributed by atoms with E-state index in [9.17, 15) is 9.18 Å². The zero-order valence-corrected chi connectivity index (χ0v) is 11.7. The van der Waals surface area contributed by atoms with Gasteiger partial charge in [-0.15, -0.1) is 0 Å². The van der Waals surface area contributed by atoms with E-state index in [2.05, 4.69) is 10.6 Å². The number of halogens is 1. The standard InChI is InChI=1S/C16H17FN2O2/c1-21-15-9-5-3-7-13(15)11-19-16(20)18-10-12-6-2-4-8-14(12)17/h2-9H,10-11H2,1H3,(H2,18,19,20). The van der Waals surface area contributed by atoms with Crippen molar-refractivity contribution in [2.45, 2.75) is 13.1 Å². The fraction of sp³-hybridized carbons (Fsp3) is 0.188. The van der Waals surface area contributed by atoms with Crippen molar-refractivity contribution in [3.8, 4) is 5.75 Å². The molecule has 0 aliphatic heterocycles. The molecule has 0 aliphatic rings. The lowest BCUT2D eigenvalue weighted by atomic mass is 10.2. The summed E-state index contributed by atoms with van der Waals surface area (Å²) in [5.41, 5.74) is 1.32. The van der Waals surface area contributed by atoms with E-state index in [0.717, 1.165) is 5.56 Å². The van der Waals surface area contributed by atoms with Crippen LogP contribution in [0.25, 0.3) is 0 Å². The van der Waals surface area contributed by atoms with E-state index < -0.39 is 0 Å². The predicted octanol–water partition coefficient (Wildman–Crippen LogP) is 2.83. The van der Waals surface area contributed by atoms with E-state index in [-0.39, 0.29) is 18.4 Å². The maximum absolute atomic E-state index is 13.4. The van der Waals surface area contributed by atoms with Gasteiger partial charge in [-0.1, -0.05) is 36.4 Å². The summed E-state index contributed by atoms with van der Waals surface area (Å²) in [6.07, 6.45) is 0. The van der Waals surface area contributed by atoms with E-state index in [4.69, 9.17) is 4.74 Å². The average molecular weight is 288 g/mol. The topological polar surface area (TPSA) is 50.4 Å². The molecule has 2 rings (SSSR count). The van der Waals surface area contributed by atoms with Gasteiger partial charge in [0.15, 0.2) is 0 Å². The van der Waals surface area contributed by atoms with Crippen molar-refractivity contribution in [2.75, 3.05) is 7.11 Å². The summed E-state index contributed by atoms with van der Waals surface area (Å²) in [7, 11) is 1.58. The fourth-order valence-electron chi connectivity index (χ4n) is 1.90. The van der Waals surface area contributed by atoms with Crippen LogP contribution in [-0.4, -0.2) is 13.1 Å². The molecule has 0 heterocycles. The number of ether oxygens (including phenoxy) is 1. The molecule has 110 valence electrons. The van der Waals surface area contributed by atoms with Crippen LogP contribution in [0.4, 0.5) is 9.18 Å². The highest BCUT2D eigenvalue weighted by molar-refractivity contribution is 5.73. The van der Waals surface area contributed by atoms with Crippen molar-refractivity contribution >= 4 is 6.03 Å². The van der Waals surface area contributed by atoms with Gasteiger partial charge in [-0.05, 0) is 12.1 Å². The fourth-order valence-corrected chi connectivity index (χ4v) is 1.90. The second-order valence-corrected chi connectivity index (χ2v) is 4.44. The number of amides is 2. The van der Waals surface area contributed by atoms with Crippen molar-refractivity contribution in [1.29, 1.82) is 0 Å². The normalized spacial score (nSPS) is 10.0. The Balaban J connectivity index is 1.84. The number of rotatable bonds is 5. The van der Waals surface area contributed by atoms with Gasteiger partial charge >= 0.3 is 6.03 Å². The lowest BCUT2D eigenvalue weighted by Crippen LogP contribution is -2.34. The first-order valence-corrected chi connectivity index (χ1v) is 6.57. The van der Waals surface area contributed by atoms with Gasteiger partial charge in [-0.2, -0.15) is 0 Å². The van der Waals surface area contributed by atoms with Gasteiger partial charge in [0, 0.05) is 24.2 Å². The molecule has 0 bridgehead atoms. The predicted molar refractivity (Wildman–Crippen MR) is 78.5 cm³/mol. The summed E-state index contributed by atoms with van der Waals surface area (Å²) in [5, 5.41) is 5.33. The van der Waals surface area contributed by atoms with Gasteiger partial charge in [0.2, 0.25) is 0 Å². The Bertz CT molecular complexity index is 617. The Morgan fingerprint density at radius 2 is 1.57 bits per heavy atom. The van der Waals surface area contributed by atoms with E-state index in [1.165, 1.54) is 6.07 Å². The molecule has 2 amide bonds. The van der Waals surface area contributed by atoms with Crippen LogP contribution < -0.4 is 15.4 Å². The first kappa shape index (κ1) is 14.8. The zero-order chi connectivity index (χ0) is 15.1. The van der Waals surface area contributed by atoms with Crippen molar-refractivity contribution in [2.24, 2.45) is 0 Å². The average Bonchev–Trinajstić information content (AvgIpc) is 2.52. The SMILES string of the molecule is COc1ccccc1CNC(=O)NCc1ccccc1F. The molecular weight excluding hydrogens is 271 g/mol. The van der Waals surface area contributed by atoms with Crippen molar-refractivity contribution in [3.05, 3.63) is 65.5 Å². The Labute approximate surface area is 122 Å². The highest BCUT2D eigenvalue weighted by Crippen LogP contribution is 2.16. The third-order valence-corrected chi connectivity index (χ3v) is 3.03. The summed E-state index contributed by atoms with van der Waals surface area (Å²) in [5.74, 6) is 0.384. The molecule has 0 unspecified atom stereocenters. The Morgan fingerprint density at radius 3 is 2.24 bits per heavy atom. The molecule has 0 fully saturated rings. The zero-order valence-electron chi connectivity index (χ0n) is 11.7. The number of nitrogens with one attached hydrogen (secondary N) is 2. The van der Waals surface area contributed by atoms with E-state index in [1.807, 2.05) is 24.3 Å². The molecule has 4 nitrogen and oxygen atoms in total. The summed E-state index contributed by atoms with van der Waals surface area (Å²) in [6.45, 7) is 0.484. The van der Waals surface area contributed by atoms with Crippen LogP contribution in [0.1, 0.15) is 11.1 Å². The van der Waals surface area contributed by atoms with Gasteiger partial charge < -0.3 is 15.4 Å². The summed E-state index contributed by atoms with van der Waals surface area (Å²) >= 11 is 0. The Morgan fingerprint density at radius 1 is 1.00 bits per heavy atom. The molecule has 0 aromatic heterocycles. The van der Waals surface area contributed by atoms with E-state index >= 15 is 0 Å². The number of para-hydroxylation sites is 1. The van der Waals surface area contributed by atoms with E-state index in [0.29, 0.717) is 17.9 Å². The molecule has 0 radical (unpaired) electrons. The van der Waals surface area contributed by atoms with Gasteiger partial charge in [0.25, 0.3) is 0 Å². The number of methoxy groups -OCH3 is 1. The molecule has 0 spiro atoms. The van der Waals surface area contributed by atoms with Crippen LogP contribution in [0, 0.1) is 5.82 Å². The van der Waals surface area contributed by atoms with Crippen LogP contribution in [0.15, 0.2) is 48.5 Å². The van der Waals surface area contributed by atoms with Crippen LogP contribution in [0.3, 0.4) is 0 Å². The minimum atomic E-state index is -0.357. The van der Waals surface area contributed by atoms with Gasteiger partial charge in [-0.3, -0.25) is 0 Å². The number of hydrogen-bond acceptors (Lipinski definition) is 2. The highest BCUT2D eigenvalue weighted by Gasteiger charge is 2.06. The largest absolute Gasteiger partial charge is 0.496 e. The number of carbonyl (C=O) groups is 1. The lowest BCUT2D eigenvalue weighted by molar-refractivity contribution is 0.240. The maximum Gasteiger partial charge on any atom is 0.315 e. The molecule has 2 aromatic carbocycles. The Kier molecular flexibility index (Phi) is 5.15. The number of urea groups is 1. The van der Waals surface area contributed by atoms with Crippen LogP contribution in [0.2, 0.25) is 0 Å². The molecule has 0 atom stereocenters. The first-order chi connectivity index (χ1) is 10.2. The molecule has 2 aromatic rings. The maximum atomic E-state index is 13.4.